The Bertz CT molecular complexity index is 909. The molecule has 26 heavy (non-hydrogen) atoms. The third-order valence-electron chi connectivity index (χ3n) is 4.31. The Morgan fingerprint density at radius 1 is 1.04 bits per heavy atom. The standard InChI is InChI=1S/C20H24N2O3S/c1-20(2,3)15-7-9-16(10-8-15)21-19(23)14-5-4-6-18(13-14)26(24,25)22-17-11-12-17/h4-10,13,17,22H,11-12H2,1-3H3,(H,21,23). The second-order valence-electron chi connectivity index (χ2n) is 7.70. The van der Waals surface area contributed by atoms with Crippen LogP contribution in [0.1, 0.15) is 49.5 Å². The molecule has 0 atom stereocenters. The molecule has 2 aromatic rings. The molecule has 0 radical (unpaired) electrons. The van der Waals surface area contributed by atoms with Crippen molar-refractivity contribution in [3.8, 4) is 0 Å². The maximum Gasteiger partial charge on any atom is 0.255 e. The van der Waals surface area contributed by atoms with Crippen LogP contribution >= 0.6 is 0 Å². The van der Waals surface area contributed by atoms with Crippen molar-refractivity contribution in [2.75, 3.05) is 5.32 Å². The second-order valence-corrected chi connectivity index (χ2v) is 9.42. The number of benzene rings is 2. The monoisotopic (exact) mass is 372 g/mol. The Hall–Kier alpha value is -2.18. The number of sulfonamides is 1. The number of carbonyl (C=O) groups is 1. The summed E-state index contributed by atoms with van der Waals surface area (Å²) < 4.78 is 27.2. The number of nitrogens with one attached hydrogen (secondary N) is 2. The predicted molar refractivity (Wildman–Crippen MR) is 103 cm³/mol. The van der Waals surface area contributed by atoms with Gasteiger partial charge in [0, 0.05) is 17.3 Å². The van der Waals surface area contributed by atoms with Gasteiger partial charge in [0.15, 0.2) is 0 Å². The van der Waals surface area contributed by atoms with Crippen LogP contribution in [-0.2, 0) is 15.4 Å². The van der Waals surface area contributed by atoms with Crippen LogP contribution < -0.4 is 10.0 Å². The first-order chi connectivity index (χ1) is 12.1. The molecule has 0 spiro atoms. The zero-order valence-electron chi connectivity index (χ0n) is 15.2. The van der Waals surface area contributed by atoms with E-state index < -0.39 is 10.0 Å². The number of carbonyl (C=O) groups excluding carboxylic acids is 1. The second kappa shape index (κ2) is 6.85. The third-order valence-corrected chi connectivity index (χ3v) is 5.83. The van der Waals surface area contributed by atoms with E-state index >= 15 is 0 Å². The minimum atomic E-state index is -3.58. The molecule has 5 nitrogen and oxygen atoms in total. The van der Waals surface area contributed by atoms with Gasteiger partial charge >= 0.3 is 0 Å². The maximum absolute atomic E-state index is 12.5. The molecule has 1 fully saturated rings. The van der Waals surface area contributed by atoms with Gasteiger partial charge in [-0.25, -0.2) is 13.1 Å². The summed E-state index contributed by atoms with van der Waals surface area (Å²) in [4.78, 5) is 12.6. The summed E-state index contributed by atoms with van der Waals surface area (Å²) in [6.07, 6.45) is 1.73. The molecule has 3 rings (SSSR count). The lowest BCUT2D eigenvalue weighted by Crippen LogP contribution is -2.26. The summed E-state index contributed by atoms with van der Waals surface area (Å²) in [5.41, 5.74) is 2.20. The van der Waals surface area contributed by atoms with Crippen molar-refractivity contribution in [1.29, 1.82) is 0 Å². The highest BCUT2D eigenvalue weighted by Gasteiger charge is 2.28. The highest BCUT2D eigenvalue weighted by molar-refractivity contribution is 7.89. The minimum Gasteiger partial charge on any atom is -0.322 e. The Labute approximate surface area is 154 Å². The summed E-state index contributed by atoms with van der Waals surface area (Å²) in [6, 6.07) is 13.8. The third kappa shape index (κ3) is 4.51. The van der Waals surface area contributed by atoms with Crippen molar-refractivity contribution in [2.24, 2.45) is 0 Å². The van der Waals surface area contributed by atoms with E-state index in [0.717, 1.165) is 12.8 Å². The molecular weight excluding hydrogens is 348 g/mol. The maximum atomic E-state index is 12.5. The zero-order chi connectivity index (χ0) is 18.9. The van der Waals surface area contributed by atoms with Crippen LogP contribution in [0.4, 0.5) is 5.69 Å². The lowest BCUT2D eigenvalue weighted by atomic mass is 9.87. The van der Waals surface area contributed by atoms with E-state index in [0.29, 0.717) is 11.3 Å². The Morgan fingerprint density at radius 3 is 2.27 bits per heavy atom. The highest BCUT2D eigenvalue weighted by atomic mass is 32.2. The molecule has 1 amide bonds. The lowest BCUT2D eigenvalue weighted by molar-refractivity contribution is 0.102. The van der Waals surface area contributed by atoms with E-state index in [2.05, 4.69) is 30.8 Å². The Balaban J connectivity index is 1.75. The summed E-state index contributed by atoms with van der Waals surface area (Å²) in [5.74, 6) is -0.336. The fraction of sp³-hybridized carbons (Fsp3) is 0.350. The molecule has 1 saturated carbocycles. The normalized spacial score (nSPS) is 14.9. The fourth-order valence-corrected chi connectivity index (χ4v) is 3.90. The van der Waals surface area contributed by atoms with Crippen LogP contribution in [0.2, 0.25) is 0 Å². The fourth-order valence-electron chi connectivity index (χ4n) is 2.55. The van der Waals surface area contributed by atoms with E-state index in [9.17, 15) is 13.2 Å². The van der Waals surface area contributed by atoms with Gasteiger partial charge in [0.05, 0.1) is 4.90 Å². The van der Waals surface area contributed by atoms with Gasteiger partial charge in [0.1, 0.15) is 0 Å². The molecule has 0 aliphatic heterocycles. The Morgan fingerprint density at radius 2 is 1.69 bits per heavy atom. The average Bonchev–Trinajstić information content (AvgIpc) is 3.38. The van der Waals surface area contributed by atoms with Gasteiger partial charge in [-0.2, -0.15) is 0 Å². The molecule has 6 heteroatoms. The van der Waals surface area contributed by atoms with E-state index in [-0.39, 0.29) is 22.3 Å². The predicted octanol–water partition coefficient (Wildman–Crippen LogP) is 3.68. The molecule has 0 heterocycles. The molecule has 0 unspecified atom stereocenters. The molecular formula is C20H24N2O3S. The van der Waals surface area contributed by atoms with Gasteiger partial charge in [-0.05, 0) is 54.2 Å². The molecule has 0 saturated heterocycles. The smallest absolute Gasteiger partial charge is 0.255 e. The first-order valence-corrected chi connectivity index (χ1v) is 10.2. The van der Waals surface area contributed by atoms with Crippen molar-refractivity contribution in [3.63, 3.8) is 0 Å². The molecule has 0 aromatic heterocycles. The molecule has 0 bridgehead atoms. The van der Waals surface area contributed by atoms with Crippen LogP contribution in [0.5, 0.6) is 0 Å². The highest BCUT2D eigenvalue weighted by Crippen LogP contribution is 2.24. The van der Waals surface area contributed by atoms with Crippen molar-refractivity contribution in [3.05, 3.63) is 59.7 Å². The molecule has 138 valence electrons. The van der Waals surface area contributed by atoms with Gasteiger partial charge in [-0.3, -0.25) is 4.79 Å². The van der Waals surface area contributed by atoms with Crippen LogP contribution in [0.25, 0.3) is 0 Å². The largest absolute Gasteiger partial charge is 0.322 e. The van der Waals surface area contributed by atoms with E-state index in [1.165, 1.54) is 17.7 Å². The van der Waals surface area contributed by atoms with Crippen LogP contribution in [0.15, 0.2) is 53.4 Å². The first-order valence-electron chi connectivity index (χ1n) is 8.69. The van der Waals surface area contributed by atoms with Crippen LogP contribution in [-0.4, -0.2) is 20.4 Å². The summed E-state index contributed by atoms with van der Waals surface area (Å²) >= 11 is 0. The average molecular weight is 372 g/mol. The van der Waals surface area contributed by atoms with Gasteiger partial charge in [0.2, 0.25) is 10.0 Å². The van der Waals surface area contributed by atoms with Crippen molar-refractivity contribution >= 4 is 21.6 Å². The van der Waals surface area contributed by atoms with Crippen molar-refractivity contribution in [2.45, 2.75) is 50.0 Å². The van der Waals surface area contributed by atoms with Gasteiger partial charge in [-0.15, -0.1) is 0 Å². The number of rotatable bonds is 5. The molecule has 2 aromatic carbocycles. The number of hydrogen-bond donors (Lipinski definition) is 2. The topological polar surface area (TPSA) is 75.3 Å². The van der Waals surface area contributed by atoms with E-state index in [1.807, 2.05) is 24.3 Å². The van der Waals surface area contributed by atoms with E-state index in [4.69, 9.17) is 0 Å². The first kappa shape index (κ1) is 18.6. The van der Waals surface area contributed by atoms with Crippen LogP contribution in [0, 0.1) is 0 Å². The number of hydrogen-bond acceptors (Lipinski definition) is 3. The van der Waals surface area contributed by atoms with E-state index in [1.54, 1.807) is 12.1 Å². The molecule has 2 N–H and O–H groups in total. The number of anilines is 1. The quantitative estimate of drug-likeness (QED) is 0.841. The van der Waals surface area contributed by atoms with Gasteiger partial charge in [-0.1, -0.05) is 39.0 Å². The molecule has 1 aliphatic carbocycles. The number of amides is 1. The summed E-state index contributed by atoms with van der Waals surface area (Å²) in [5, 5.41) is 2.81. The zero-order valence-corrected chi connectivity index (χ0v) is 16.1. The SMILES string of the molecule is CC(C)(C)c1ccc(NC(=O)c2cccc(S(=O)(=O)NC3CC3)c2)cc1. The summed E-state index contributed by atoms with van der Waals surface area (Å²) in [6.45, 7) is 6.38. The minimum absolute atomic E-state index is 0.0267. The van der Waals surface area contributed by atoms with Crippen molar-refractivity contribution in [1.82, 2.24) is 4.72 Å². The summed E-state index contributed by atoms with van der Waals surface area (Å²) in [7, 11) is -3.58. The van der Waals surface area contributed by atoms with Crippen LogP contribution in [0.3, 0.4) is 0 Å². The Kier molecular flexibility index (Phi) is 4.90. The van der Waals surface area contributed by atoms with Gasteiger partial charge < -0.3 is 5.32 Å². The van der Waals surface area contributed by atoms with Gasteiger partial charge in [0.25, 0.3) is 5.91 Å². The molecule has 1 aliphatic rings. The van der Waals surface area contributed by atoms with Crippen molar-refractivity contribution < 1.29 is 13.2 Å². The lowest BCUT2D eigenvalue weighted by Gasteiger charge is -2.19.